The maximum absolute atomic E-state index is 13.6. The molecule has 1 aromatic carbocycles. The van der Waals surface area contributed by atoms with Crippen molar-refractivity contribution in [2.24, 2.45) is 0 Å². The Balaban J connectivity index is 2.17. The summed E-state index contributed by atoms with van der Waals surface area (Å²) in [4.78, 5) is 7.89. The third kappa shape index (κ3) is 3.38. The van der Waals surface area contributed by atoms with Gasteiger partial charge < -0.3 is 4.74 Å². The Kier molecular flexibility index (Phi) is 4.27. The number of rotatable bonds is 4. The monoisotopic (exact) mass is 284 g/mol. The lowest BCUT2D eigenvalue weighted by Gasteiger charge is -2.10. The van der Waals surface area contributed by atoms with Crippen molar-refractivity contribution in [1.82, 2.24) is 9.97 Å². The van der Waals surface area contributed by atoms with Gasteiger partial charge in [0, 0.05) is 29.8 Å². The number of alkyl halides is 1. The summed E-state index contributed by atoms with van der Waals surface area (Å²) < 4.78 is 31.3. The molecule has 0 bridgehead atoms. The van der Waals surface area contributed by atoms with Crippen LogP contribution in [0, 0.1) is 11.6 Å². The number of ether oxygens (including phenoxy) is 1. The van der Waals surface area contributed by atoms with E-state index in [2.05, 4.69) is 9.97 Å². The molecule has 1 atom stereocenters. The molecule has 0 spiro atoms. The second kappa shape index (κ2) is 5.93. The molecule has 6 heteroatoms. The molecule has 0 aliphatic rings. The number of benzene rings is 1. The molecule has 0 fully saturated rings. The first kappa shape index (κ1) is 13.7. The zero-order valence-electron chi connectivity index (χ0n) is 10.1. The van der Waals surface area contributed by atoms with E-state index in [9.17, 15) is 8.78 Å². The summed E-state index contributed by atoms with van der Waals surface area (Å²) in [5.41, 5.74) is 0.858. The molecule has 100 valence electrons. The van der Waals surface area contributed by atoms with Crippen LogP contribution >= 0.6 is 11.6 Å². The number of nitrogens with zero attached hydrogens (tertiary/aromatic N) is 2. The van der Waals surface area contributed by atoms with Gasteiger partial charge in [0.05, 0.1) is 12.5 Å². The summed E-state index contributed by atoms with van der Waals surface area (Å²) in [5, 5.41) is -0.639. The largest absolute Gasteiger partial charge is 0.481 e. The summed E-state index contributed by atoms with van der Waals surface area (Å²) in [6, 6.07) is 4.94. The van der Waals surface area contributed by atoms with Crippen molar-refractivity contribution in [1.29, 1.82) is 0 Å². The number of hydrogen-bond acceptors (Lipinski definition) is 3. The van der Waals surface area contributed by atoms with Crippen LogP contribution in [0.1, 0.15) is 16.6 Å². The molecule has 0 amide bonds. The van der Waals surface area contributed by atoms with Crippen molar-refractivity contribution in [2.75, 3.05) is 7.11 Å². The molecule has 0 N–H and O–H groups in total. The van der Waals surface area contributed by atoms with Crippen LogP contribution in [0.15, 0.2) is 30.6 Å². The molecule has 0 radical (unpaired) electrons. The first-order valence-electron chi connectivity index (χ1n) is 5.54. The Morgan fingerprint density at radius 1 is 1.26 bits per heavy atom. The van der Waals surface area contributed by atoms with Gasteiger partial charge in [-0.2, -0.15) is 0 Å². The smallest absolute Gasteiger partial charge is 0.216 e. The number of hydrogen-bond donors (Lipinski definition) is 0. The van der Waals surface area contributed by atoms with Crippen molar-refractivity contribution < 1.29 is 13.5 Å². The van der Waals surface area contributed by atoms with Crippen LogP contribution in [0.25, 0.3) is 0 Å². The van der Waals surface area contributed by atoms with E-state index in [1.165, 1.54) is 25.6 Å². The second-order valence-electron chi connectivity index (χ2n) is 3.89. The van der Waals surface area contributed by atoms with Gasteiger partial charge in [-0.25, -0.2) is 18.7 Å². The van der Waals surface area contributed by atoms with Gasteiger partial charge >= 0.3 is 0 Å². The molecule has 0 saturated heterocycles. The highest BCUT2D eigenvalue weighted by Gasteiger charge is 2.15. The zero-order chi connectivity index (χ0) is 13.8. The van der Waals surface area contributed by atoms with Crippen LogP contribution in [-0.4, -0.2) is 17.1 Å². The summed E-state index contributed by atoms with van der Waals surface area (Å²) in [7, 11) is 1.49. The van der Waals surface area contributed by atoms with Crippen molar-refractivity contribution in [3.63, 3.8) is 0 Å². The first-order valence-corrected chi connectivity index (χ1v) is 5.97. The summed E-state index contributed by atoms with van der Waals surface area (Å²) >= 11 is 6.13. The molecule has 1 unspecified atom stereocenters. The fourth-order valence-corrected chi connectivity index (χ4v) is 1.98. The molecule has 19 heavy (non-hydrogen) atoms. The van der Waals surface area contributed by atoms with Crippen LogP contribution in [0.3, 0.4) is 0 Å². The summed E-state index contributed by atoms with van der Waals surface area (Å²) in [6.45, 7) is 0. The minimum Gasteiger partial charge on any atom is -0.481 e. The van der Waals surface area contributed by atoms with Gasteiger partial charge in [-0.05, 0) is 6.07 Å². The highest BCUT2D eigenvalue weighted by Crippen LogP contribution is 2.27. The van der Waals surface area contributed by atoms with E-state index in [1.54, 1.807) is 6.07 Å². The average molecular weight is 285 g/mol. The maximum Gasteiger partial charge on any atom is 0.216 e. The van der Waals surface area contributed by atoms with Crippen LogP contribution in [0.5, 0.6) is 5.88 Å². The molecular formula is C13H11ClF2N2O. The van der Waals surface area contributed by atoms with Gasteiger partial charge in [0.15, 0.2) is 0 Å². The maximum atomic E-state index is 13.6. The van der Waals surface area contributed by atoms with Crippen molar-refractivity contribution in [3.8, 4) is 5.88 Å². The molecule has 2 aromatic rings. The molecule has 0 saturated carbocycles. The van der Waals surface area contributed by atoms with Crippen LogP contribution < -0.4 is 4.74 Å². The minimum absolute atomic E-state index is 0.237. The van der Waals surface area contributed by atoms with E-state index in [1.807, 2.05) is 0 Å². The minimum atomic E-state index is -0.666. The molecule has 2 rings (SSSR count). The fourth-order valence-electron chi connectivity index (χ4n) is 1.65. The normalized spacial score (nSPS) is 12.2. The predicted molar refractivity (Wildman–Crippen MR) is 67.2 cm³/mol. The van der Waals surface area contributed by atoms with E-state index in [0.29, 0.717) is 18.0 Å². The zero-order valence-corrected chi connectivity index (χ0v) is 10.9. The number of methoxy groups -OCH3 is 1. The Bertz CT molecular complexity index is 580. The Hall–Kier alpha value is -1.75. The number of halogens is 3. The van der Waals surface area contributed by atoms with E-state index < -0.39 is 17.0 Å². The van der Waals surface area contributed by atoms with Crippen LogP contribution in [0.4, 0.5) is 8.78 Å². The third-order valence-electron chi connectivity index (χ3n) is 2.60. The standard InChI is InChI=1S/C13H11ClF2N2O/c1-19-13-6-9(17-7-18-13)5-11(14)10-3-2-8(15)4-12(10)16/h2-4,6-7,11H,5H2,1H3. The topological polar surface area (TPSA) is 35.0 Å². The van der Waals surface area contributed by atoms with E-state index >= 15 is 0 Å². The van der Waals surface area contributed by atoms with Crippen LogP contribution in [-0.2, 0) is 6.42 Å². The van der Waals surface area contributed by atoms with E-state index in [0.717, 1.165) is 6.07 Å². The highest BCUT2D eigenvalue weighted by atomic mass is 35.5. The average Bonchev–Trinajstić information content (AvgIpc) is 2.38. The van der Waals surface area contributed by atoms with E-state index in [4.69, 9.17) is 16.3 Å². The van der Waals surface area contributed by atoms with Crippen molar-refractivity contribution >= 4 is 11.6 Å². The van der Waals surface area contributed by atoms with Gasteiger partial charge in [-0.1, -0.05) is 6.07 Å². The third-order valence-corrected chi connectivity index (χ3v) is 2.99. The SMILES string of the molecule is COc1cc(CC(Cl)c2ccc(F)cc2F)ncn1. The quantitative estimate of drug-likeness (QED) is 0.808. The van der Waals surface area contributed by atoms with Gasteiger partial charge in [0.2, 0.25) is 5.88 Å². The molecule has 0 aliphatic carbocycles. The lowest BCUT2D eigenvalue weighted by Crippen LogP contribution is -2.02. The first-order chi connectivity index (χ1) is 9.10. The van der Waals surface area contributed by atoms with Crippen molar-refractivity contribution in [3.05, 3.63) is 53.5 Å². The van der Waals surface area contributed by atoms with Gasteiger partial charge in [-0.15, -0.1) is 11.6 Å². The summed E-state index contributed by atoms with van der Waals surface area (Å²) in [6.07, 6.45) is 1.64. The van der Waals surface area contributed by atoms with E-state index in [-0.39, 0.29) is 5.56 Å². The Labute approximate surface area is 114 Å². The fraction of sp³-hybridized carbons (Fsp3) is 0.231. The summed E-state index contributed by atoms with van der Waals surface area (Å²) in [5.74, 6) is -0.886. The lowest BCUT2D eigenvalue weighted by atomic mass is 10.1. The molecule has 1 aromatic heterocycles. The van der Waals surface area contributed by atoms with Gasteiger partial charge in [0.25, 0.3) is 0 Å². The molecule has 0 aliphatic heterocycles. The van der Waals surface area contributed by atoms with Crippen molar-refractivity contribution in [2.45, 2.75) is 11.8 Å². The molecule has 1 heterocycles. The Morgan fingerprint density at radius 2 is 2.05 bits per heavy atom. The highest BCUT2D eigenvalue weighted by molar-refractivity contribution is 6.20. The second-order valence-corrected chi connectivity index (χ2v) is 4.42. The van der Waals surface area contributed by atoms with Gasteiger partial charge in [-0.3, -0.25) is 0 Å². The van der Waals surface area contributed by atoms with Gasteiger partial charge in [0.1, 0.15) is 18.0 Å². The number of aromatic nitrogens is 2. The molecule has 3 nitrogen and oxygen atoms in total. The predicted octanol–water partition coefficient (Wildman–Crippen LogP) is 3.29. The molecular weight excluding hydrogens is 274 g/mol. The lowest BCUT2D eigenvalue weighted by molar-refractivity contribution is 0.396. The van der Waals surface area contributed by atoms with Crippen LogP contribution in [0.2, 0.25) is 0 Å². The Morgan fingerprint density at radius 3 is 2.74 bits per heavy atom.